The number of aliphatic hydroxyl groups is 1. The molecule has 2 heterocycles. The van der Waals surface area contributed by atoms with Crippen molar-refractivity contribution >= 4 is 5.91 Å². The molecule has 1 spiro atoms. The van der Waals surface area contributed by atoms with Gasteiger partial charge in [0.25, 0.3) is 5.91 Å². The van der Waals surface area contributed by atoms with Crippen LogP contribution in [0.15, 0.2) is 49.1 Å². The summed E-state index contributed by atoms with van der Waals surface area (Å²) >= 11 is 0. The number of carbonyl (C=O) groups is 1. The molecule has 9 heteroatoms. The predicted octanol–water partition coefficient (Wildman–Crippen LogP) is 3.63. The normalized spacial score (nSPS) is 30.4. The Hall–Kier alpha value is -3.48. The standard InChI is InChI=1S/C30H29F3N2O4/c1-3-14-35-15-13-28-25-19-8-9-22(36)26(25)39-27(28)21(11-12-29(28,38)23(35)17-19)34(2)24(37)10-7-18-5-4-6-20(16-18)30(31,32)33/h3-6,8-9,16,21,23,27,36,38H,1,11-15,17H2,2H3/t21-,23-,27+,28+,29-/m1/s1. The highest BCUT2D eigenvalue weighted by atomic mass is 19.4. The van der Waals surface area contributed by atoms with E-state index in [4.69, 9.17) is 4.74 Å². The first-order valence-corrected chi connectivity index (χ1v) is 13.1. The Balaban J connectivity index is 1.35. The Bertz CT molecular complexity index is 1430. The lowest BCUT2D eigenvalue weighted by molar-refractivity contribution is -0.197. The Morgan fingerprint density at radius 2 is 2.10 bits per heavy atom. The molecule has 1 amide bonds. The molecule has 5 atom stereocenters. The van der Waals surface area contributed by atoms with Gasteiger partial charge < -0.3 is 19.8 Å². The third kappa shape index (κ3) is 3.61. The molecule has 6 nitrogen and oxygen atoms in total. The van der Waals surface area contributed by atoms with Crippen LogP contribution in [0, 0.1) is 11.8 Å². The lowest BCUT2D eigenvalue weighted by atomic mass is 9.48. The predicted molar refractivity (Wildman–Crippen MR) is 137 cm³/mol. The van der Waals surface area contributed by atoms with E-state index < -0.39 is 40.8 Å². The zero-order valence-electron chi connectivity index (χ0n) is 21.5. The van der Waals surface area contributed by atoms with Crippen LogP contribution in [-0.2, 0) is 22.8 Å². The molecule has 0 unspecified atom stereocenters. The third-order valence-corrected chi connectivity index (χ3v) is 9.23. The number of phenolic OH excluding ortho intramolecular Hbond substituents is 1. The summed E-state index contributed by atoms with van der Waals surface area (Å²) in [6, 6.07) is 7.44. The number of nitrogens with zero attached hydrogens (tertiary/aromatic N) is 2. The number of aromatic hydroxyl groups is 1. The largest absolute Gasteiger partial charge is 0.504 e. The minimum absolute atomic E-state index is 0.00362. The van der Waals surface area contributed by atoms with Crippen LogP contribution in [0.4, 0.5) is 13.2 Å². The zero-order chi connectivity index (χ0) is 27.7. The summed E-state index contributed by atoms with van der Waals surface area (Å²) in [7, 11) is 1.61. The molecular formula is C30H29F3N2O4. The summed E-state index contributed by atoms with van der Waals surface area (Å²) in [6.07, 6.45) is -1.22. The molecule has 0 aromatic heterocycles. The van der Waals surface area contributed by atoms with E-state index in [0.29, 0.717) is 44.5 Å². The van der Waals surface area contributed by atoms with Gasteiger partial charge in [0, 0.05) is 36.7 Å². The van der Waals surface area contributed by atoms with Crippen LogP contribution >= 0.6 is 0 Å². The van der Waals surface area contributed by atoms with Crippen molar-refractivity contribution in [3.8, 4) is 23.3 Å². The number of carbonyl (C=O) groups excluding carboxylic acids is 1. The van der Waals surface area contributed by atoms with Crippen molar-refractivity contribution in [3.05, 3.63) is 71.3 Å². The van der Waals surface area contributed by atoms with E-state index in [1.54, 1.807) is 13.1 Å². The highest BCUT2D eigenvalue weighted by Crippen LogP contribution is 2.65. The number of alkyl halides is 3. The molecule has 2 bridgehead atoms. The smallest absolute Gasteiger partial charge is 0.416 e. The Kier molecular flexibility index (Phi) is 5.79. The SMILES string of the molecule is C=CCN1CC[C@]23c4c5ccc(O)c4O[C@H]2[C@H](N(C)C(=O)C#Cc2cccc(C(F)(F)F)c2)CC[C@@]3(O)[C@H]1C5. The summed E-state index contributed by atoms with van der Waals surface area (Å²) in [5.74, 6) is 4.88. The average Bonchev–Trinajstić information content (AvgIpc) is 3.25. The Morgan fingerprint density at radius 3 is 2.85 bits per heavy atom. The second-order valence-corrected chi connectivity index (χ2v) is 11.0. The summed E-state index contributed by atoms with van der Waals surface area (Å²) in [6.45, 7) is 5.23. The maximum Gasteiger partial charge on any atom is 0.416 e. The molecule has 2 N–H and O–H groups in total. The maximum absolute atomic E-state index is 13.2. The second kappa shape index (κ2) is 8.77. The first-order valence-electron chi connectivity index (χ1n) is 13.1. The molecular weight excluding hydrogens is 509 g/mol. The van der Waals surface area contributed by atoms with Crippen LogP contribution in [0.3, 0.4) is 0 Å². The number of likely N-dealkylation sites (tertiary alicyclic amines) is 1. The number of halogens is 3. The minimum atomic E-state index is -4.50. The van der Waals surface area contributed by atoms with Gasteiger partial charge in [0.05, 0.1) is 22.6 Å². The van der Waals surface area contributed by atoms with Gasteiger partial charge in [-0.05, 0) is 62.1 Å². The van der Waals surface area contributed by atoms with Crippen LogP contribution in [0.1, 0.15) is 41.5 Å². The van der Waals surface area contributed by atoms with Gasteiger partial charge in [0.15, 0.2) is 11.5 Å². The molecule has 39 heavy (non-hydrogen) atoms. The van der Waals surface area contributed by atoms with E-state index in [1.807, 2.05) is 12.1 Å². The van der Waals surface area contributed by atoms with Gasteiger partial charge in [0.2, 0.25) is 0 Å². The molecule has 4 aliphatic rings. The van der Waals surface area contributed by atoms with Gasteiger partial charge >= 0.3 is 6.18 Å². The number of piperidine rings is 1. The molecule has 1 saturated carbocycles. The fraction of sp³-hybridized carbons (Fsp3) is 0.433. The third-order valence-electron chi connectivity index (χ3n) is 9.23. The monoisotopic (exact) mass is 538 g/mol. The van der Waals surface area contributed by atoms with E-state index >= 15 is 0 Å². The van der Waals surface area contributed by atoms with E-state index in [-0.39, 0.29) is 17.4 Å². The maximum atomic E-state index is 13.2. The minimum Gasteiger partial charge on any atom is -0.504 e. The molecule has 204 valence electrons. The summed E-state index contributed by atoms with van der Waals surface area (Å²) in [4.78, 5) is 16.9. The van der Waals surface area contributed by atoms with Crippen LogP contribution in [0.5, 0.6) is 11.5 Å². The Morgan fingerprint density at radius 1 is 1.31 bits per heavy atom. The average molecular weight is 539 g/mol. The van der Waals surface area contributed by atoms with Gasteiger partial charge in [-0.2, -0.15) is 13.2 Å². The molecule has 2 aliphatic heterocycles. The molecule has 0 radical (unpaired) electrons. The number of hydrogen-bond donors (Lipinski definition) is 2. The number of phenols is 1. The van der Waals surface area contributed by atoms with Gasteiger partial charge in [-0.15, -0.1) is 6.58 Å². The van der Waals surface area contributed by atoms with Crippen LogP contribution in [-0.4, -0.2) is 69.8 Å². The number of rotatable bonds is 3. The summed E-state index contributed by atoms with van der Waals surface area (Å²) in [5.41, 5.74) is -0.828. The molecule has 2 aliphatic carbocycles. The summed E-state index contributed by atoms with van der Waals surface area (Å²) in [5, 5.41) is 23.2. The second-order valence-electron chi connectivity index (χ2n) is 11.0. The van der Waals surface area contributed by atoms with Crippen molar-refractivity contribution in [1.82, 2.24) is 9.80 Å². The van der Waals surface area contributed by atoms with E-state index in [0.717, 1.165) is 23.3 Å². The van der Waals surface area contributed by atoms with Crippen LogP contribution in [0.25, 0.3) is 0 Å². The molecule has 2 aromatic carbocycles. The molecule has 6 rings (SSSR count). The van der Waals surface area contributed by atoms with Gasteiger partial charge in [-0.1, -0.05) is 24.1 Å². The molecule has 2 aromatic rings. The first kappa shape index (κ1) is 25.8. The topological polar surface area (TPSA) is 73.2 Å². The zero-order valence-corrected chi connectivity index (χ0v) is 21.5. The van der Waals surface area contributed by atoms with Crippen molar-refractivity contribution in [1.29, 1.82) is 0 Å². The highest BCUT2D eigenvalue weighted by Gasteiger charge is 2.73. The quantitative estimate of drug-likeness (QED) is 0.462. The lowest BCUT2D eigenvalue weighted by Crippen LogP contribution is -2.78. The van der Waals surface area contributed by atoms with Gasteiger partial charge in [-0.3, -0.25) is 9.69 Å². The van der Waals surface area contributed by atoms with Crippen molar-refractivity contribution in [3.63, 3.8) is 0 Å². The fourth-order valence-electron chi connectivity index (χ4n) is 7.52. The van der Waals surface area contributed by atoms with Crippen molar-refractivity contribution in [2.75, 3.05) is 20.1 Å². The molecule has 1 saturated heterocycles. The van der Waals surface area contributed by atoms with Gasteiger partial charge in [0.1, 0.15) is 6.10 Å². The summed E-state index contributed by atoms with van der Waals surface area (Å²) < 4.78 is 45.7. The number of hydrogen-bond acceptors (Lipinski definition) is 5. The number of ether oxygens (including phenoxy) is 1. The number of benzene rings is 2. The van der Waals surface area contributed by atoms with Crippen LogP contribution < -0.4 is 4.74 Å². The van der Waals surface area contributed by atoms with E-state index in [1.165, 1.54) is 17.0 Å². The Labute approximate surface area is 224 Å². The van der Waals surface area contributed by atoms with E-state index in [9.17, 15) is 28.2 Å². The van der Waals surface area contributed by atoms with Crippen LogP contribution in [0.2, 0.25) is 0 Å². The number of likely N-dealkylation sites (N-methyl/N-ethyl adjacent to an activating group) is 1. The number of amides is 1. The van der Waals surface area contributed by atoms with E-state index in [2.05, 4.69) is 23.3 Å². The first-order chi connectivity index (χ1) is 18.5. The van der Waals surface area contributed by atoms with Gasteiger partial charge in [-0.25, -0.2) is 0 Å². The van der Waals surface area contributed by atoms with Crippen molar-refractivity contribution in [2.45, 2.75) is 61.1 Å². The van der Waals surface area contributed by atoms with Crippen molar-refractivity contribution < 1.29 is 32.9 Å². The lowest BCUT2D eigenvalue weighted by Gasteiger charge is -2.64. The van der Waals surface area contributed by atoms with Crippen molar-refractivity contribution in [2.24, 2.45) is 0 Å². The molecule has 2 fully saturated rings. The highest BCUT2D eigenvalue weighted by molar-refractivity contribution is 5.94. The fourth-order valence-corrected chi connectivity index (χ4v) is 7.52.